The van der Waals surface area contributed by atoms with Gasteiger partial charge in [-0.25, -0.2) is 10.2 Å². The lowest BCUT2D eigenvalue weighted by molar-refractivity contribution is -0.384. The van der Waals surface area contributed by atoms with E-state index in [2.05, 4.69) is 19.8 Å². The summed E-state index contributed by atoms with van der Waals surface area (Å²) >= 11 is 0. The molecular weight excluding hydrogens is 348 g/mol. The highest BCUT2D eigenvalue weighted by Gasteiger charge is 2.13. The number of nitro benzene ring substituents is 1. The van der Waals surface area contributed by atoms with Crippen molar-refractivity contribution in [2.24, 2.45) is 5.10 Å². The predicted octanol–water partition coefficient (Wildman–Crippen LogP) is 3.60. The molecule has 0 unspecified atom stereocenters. The molecule has 1 amide bonds. The van der Waals surface area contributed by atoms with Gasteiger partial charge in [0.25, 0.3) is 5.69 Å². The molecule has 2 aromatic carbocycles. The van der Waals surface area contributed by atoms with Crippen molar-refractivity contribution in [3.8, 4) is 0 Å². The standard InChI is InChI=1S/C19H18N4O4/c1-13-17(11-20-21-19(24)27-2)16-5-3-4-6-18(16)22(13)12-14-7-9-15(10-8-14)23(25)26/h3-11H,12H2,1-2H3,(H,21,24)/b20-11+. The van der Waals surface area contributed by atoms with Gasteiger partial charge in [-0.05, 0) is 18.6 Å². The smallest absolute Gasteiger partial charge is 0.427 e. The average molecular weight is 366 g/mol. The first-order chi connectivity index (χ1) is 13.0. The van der Waals surface area contributed by atoms with Crippen molar-refractivity contribution in [1.82, 2.24) is 9.99 Å². The molecule has 0 saturated carbocycles. The fraction of sp³-hybridized carbons (Fsp3) is 0.158. The van der Waals surface area contributed by atoms with Crippen LogP contribution in [0.4, 0.5) is 10.5 Å². The average Bonchev–Trinajstić information content (AvgIpc) is 2.94. The largest absolute Gasteiger partial charge is 0.452 e. The Morgan fingerprint density at radius 1 is 1.26 bits per heavy atom. The van der Waals surface area contributed by atoms with Crippen molar-refractivity contribution in [1.29, 1.82) is 0 Å². The van der Waals surface area contributed by atoms with Crippen LogP contribution < -0.4 is 5.43 Å². The Hall–Kier alpha value is -3.68. The van der Waals surface area contributed by atoms with E-state index in [0.717, 1.165) is 27.7 Å². The summed E-state index contributed by atoms with van der Waals surface area (Å²) in [5.41, 5.74) is 6.14. The number of nitrogens with zero attached hydrogens (tertiary/aromatic N) is 3. The van der Waals surface area contributed by atoms with Gasteiger partial charge in [0.05, 0.1) is 18.2 Å². The minimum atomic E-state index is -0.640. The Labute approximate surface area is 155 Å². The molecule has 0 saturated heterocycles. The highest BCUT2D eigenvalue weighted by Crippen LogP contribution is 2.26. The minimum absolute atomic E-state index is 0.0644. The molecule has 8 nitrogen and oxygen atoms in total. The number of ether oxygens (including phenoxy) is 1. The number of fused-ring (bicyclic) bond motifs is 1. The van der Waals surface area contributed by atoms with Crippen LogP contribution in [0.1, 0.15) is 16.8 Å². The zero-order chi connectivity index (χ0) is 19.4. The number of nitro groups is 1. The van der Waals surface area contributed by atoms with Crippen LogP contribution in [0.2, 0.25) is 0 Å². The molecule has 8 heteroatoms. The maximum absolute atomic E-state index is 11.2. The van der Waals surface area contributed by atoms with E-state index in [-0.39, 0.29) is 5.69 Å². The molecule has 0 aliphatic heterocycles. The molecule has 3 aromatic rings. The number of rotatable bonds is 5. The minimum Gasteiger partial charge on any atom is -0.452 e. The van der Waals surface area contributed by atoms with Gasteiger partial charge < -0.3 is 9.30 Å². The topological polar surface area (TPSA) is 98.8 Å². The second-order valence-electron chi connectivity index (χ2n) is 5.89. The monoisotopic (exact) mass is 366 g/mol. The molecule has 0 spiro atoms. The number of para-hydroxylation sites is 1. The van der Waals surface area contributed by atoms with Gasteiger partial charge in [-0.2, -0.15) is 5.10 Å². The number of carbonyl (C=O) groups excluding carboxylic acids is 1. The maximum Gasteiger partial charge on any atom is 0.427 e. The van der Waals surface area contributed by atoms with E-state index in [1.165, 1.54) is 19.2 Å². The summed E-state index contributed by atoms with van der Waals surface area (Å²) in [7, 11) is 1.27. The van der Waals surface area contributed by atoms with Gasteiger partial charge in [0.1, 0.15) is 0 Å². The van der Waals surface area contributed by atoms with Crippen LogP contribution in [0.3, 0.4) is 0 Å². The van der Waals surface area contributed by atoms with Crippen LogP contribution in [0.5, 0.6) is 0 Å². The van der Waals surface area contributed by atoms with Gasteiger partial charge in [0.2, 0.25) is 0 Å². The van der Waals surface area contributed by atoms with Crippen molar-refractivity contribution < 1.29 is 14.5 Å². The Bertz CT molecular complexity index is 1020. The highest BCUT2D eigenvalue weighted by molar-refractivity contribution is 6.01. The Balaban J connectivity index is 1.97. The molecule has 0 fully saturated rings. The van der Waals surface area contributed by atoms with E-state index in [9.17, 15) is 14.9 Å². The number of aromatic nitrogens is 1. The summed E-state index contributed by atoms with van der Waals surface area (Å²) in [5, 5.41) is 15.7. The Kier molecular flexibility index (Phi) is 5.16. The van der Waals surface area contributed by atoms with Gasteiger partial charge in [-0.15, -0.1) is 0 Å². The number of hydrogen-bond acceptors (Lipinski definition) is 5. The first kappa shape index (κ1) is 18.1. The summed E-state index contributed by atoms with van der Waals surface area (Å²) in [4.78, 5) is 21.6. The number of hydrazone groups is 1. The van der Waals surface area contributed by atoms with E-state index in [0.29, 0.717) is 6.54 Å². The lowest BCUT2D eigenvalue weighted by Crippen LogP contribution is -2.16. The van der Waals surface area contributed by atoms with Crippen LogP contribution in [-0.2, 0) is 11.3 Å². The third kappa shape index (κ3) is 3.79. The van der Waals surface area contributed by atoms with Crippen molar-refractivity contribution in [2.45, 2.75) is 13.5 Å². The Morgan fingerprint density at radius 2 is 1.96 bits per heavy atom. The molecule has 3 rings (SSSR count). The van der Waals surface area contributed by atoms with E-state index < -0.39 is 11.0 Å². The molecule has 138 valence electrons. The molecule has 1 heterocycles. The summed E-state index contributed by atoms with van der Waals surface area (Å²) in [6.07, 6.45) is 0.944. The normalized spacial score (nSPS) is 11.0. The van der Waals surface area contributed by atoms with Gasteiger partial charge in [0, 0.05) is 40.8 Å². The predicted molar refractivity (Wildman–Crippen MR) is 102 cm³/mol. The van der Waals surface area contributed by atoms with Crippen LogP contribution in [0, 0.1) is 17.0 Å². The number of methoxy groups -OCH3 is 1. The lowest BCUT2D eigenvalue weighted by Gasteiger charge is -2.08. The molecular formula is C19H18N4O4. The number of hydrogen-bond donors (Lipinski definition) is 1. The fourth-order valence-corrected chi connectivity index (χ4v) is 2.93. The molecule has 1 aromatic heterocycles. The number of nitrogens with one attached hydrogen (secondary N) is 1. The first-order valence-electron chi connectivity index (χ1n) is 8.19. The number of carbonyl (C=O) groups is 1. The summed E-state index contributed by atoms with van der Waals surface area (Å²) in [6.45, 7) is 2.52. The molecule has 27 heavy (non-hydrogen) atoms. The third-order valence-corrected chi connectivity index (χ3v) is 4.30. The molecule has 0 radical (unpaired) electrons. The molecule has 0 aliphatic rings. The van der Waals surface area contributed by atoms with Crippen LogP contribution in [0.15, 0.2) is 53.6 Å². The summed E-state index contributed by atoms with van der Waals surface area (Å²) in [6, 6.07) is 14.4. The molecule has 0 bridgehead atoms. The zero-order valence-electron chi connectivity index (χ0n) is 14.9. The summed E-state index contributed by atoms with van der Waals surface area (Å²) in [5.74, 6) is 0. The van der Waals surface area contributed by atoms with Gasteiger partial charge in [0.15, 0.2) is 0 Å². The van der Waals surface area contributed by atoms with Crippen molar-refractivity contribution in [3.63, 3.8) is 0 Å². The molecule has 0 aliphatic carbocycles. The summed E-state index contributed by atoms with van der Waals surface area (Å²) < 4.78 is 6.61. The van der Waals surface area contributed by atoms with Crippen LogP contribution >= 0.6 is 0 Å². The lowest BCUT2D eigenvalue weighted by atomic mass is 10.1. The van der Waals surface area contributed by atoms with Crippen molar-refractivity contribution in [3.05, 3.63) is 75.5 Å². The van der Waals surface area contributed by atoms with Gasteiger partial charge in [-0.3, -0.25) is 10.1 Å². The second-order valence-corrected chi connectivity index (χ2v) is 5.89. The van der Waals surface area contributed by atoms with Crippen molar-refractivity contribution in [2.75, 3.05) is 7.11 Å². The van der Waals surface area contributed by atoms with Gasteiger partial charge >= 0.3 is 6.09 Å². The molecule has 1 N–H and O–H groups in total. The van der Waals surface area contributed by atoms with Crippen molar-refractivity contribution >= 4 is 28.9 Å². The van der Waals surface area contributed by atoms with E-state index >= 15 is 0 Å². The zero-order valence-corrected chi connectivity index (χ0v) is 14.9. The quantitative estimate of drug-likeness (QED) is 0.424. The van der Waals surface area contributed by atoms with E-state index in [1.807, 2.05) is 31.2 Å². The number of amides is 1. The Morgan fingerprint density at radius 3 is 2.63 bits per heavy atom. The maximum atomic E-state index is 11.2. The van der Waals surface area contributed by atoms with Crippen LogP contribution in [0.25, 0.3) is 10.9 Å². The van der Waals surface area contributed by atoms with Crippen LogP contribution in [-0.4, -0.2) is 28.9 Å². The third-order valence-electron chi connectivity index (χ3n) is 4.30. The van der Waals surface area contributed by atoms with E-state index in [4.69, 9.17) is 0 Å². The first-order valence-corrected chi connectivity index (χ1v) is 8.19. The second kappa shape index (κ2) is 7.69. The van der Waals surface area contributed by atoms with E-state index in [1.54, 1.807) is 18.3 Å². The SMILES string of the molecule is COC(=O)N/N=C/c1c(C)n(Cc2ccc([N+](=O)[O-])cc2)c2ccccc12. The molecule has 0 atom stereocenters. The number of non-ortho nitro benzene ring substituents is 1. The highest BCUT2D eigenvalue weighted by atomic mass is 16.6. The van der Waals surface area contributed by atoms with Gasteiger partial charge in [-0.1, -0.05) is 30.3 Å². The number of benzene rings is 2. The fourth-order valence-electron chi connectivity index (χ4n) is 2.93.